The predicted octanol–water partition coefficient (Wildman–Crippen LogP) is 2.49. The van der Waals surface area contributed by atoms with Gasteiger partial charge >= 0.3 is 0 Å². The molecule has 1 aromatic heterocycles. The fourth-order valence-electron chi connectivity index (χ4n) is 2.60. The van der Waals surface area contributed by atoms with E-state index in [1.165, 1.54) is 24.9 Å². The lowest BCUT2D eigenvalue weighted by atomic mass is 10.1. The van der Waals surface area contributed by atoms with Crippen molar-refractivity contribution in [3.63, 3.8) is 0 Å². The minimum atomic E-state index is -2.91. The van der Waals surface area contributed by atoms with Crippen LogP contribution in [0.4, 0.5) is 4.39 Å². The molecule has 3 rings (SSSR count). The van der Waals surface area contributed by atoms with Crippen molar-refractivity contribution in [2.45, 2.75) is 23.8 Å². The van der Waals surface area contributed by atoms with Crippen LogP contribution in [0.15, 0.2) is 27.8 Å². The number of methoxy groups -OCH3 is 1. The molecule has 1 fully saturated rings. The number of nitrogens with zero attached hydrogens (tertiary/aromatic N) is 2. The fourth-order valence-corrected chi connectivity index (χ4v) is 5.19. The standard InChI is InChI=1S/C15H17FN2O4S2/c1-21-13-3-2-10(6-12(13)16)8-23-15-18-17-14(22-15)7-11-4-5-24(19,20)9-11/h2-3,6,11H,4-5,7-9H2,1H3/t11-/m0/s1. The smallest absolute Gasteiger partial charge is 0.276 e. The number of sulfone groups is 1. The van der Waals surface area contributed by atoms with E-state index in [4.69, 9.17) is 9.15 Å². The molecule has 130 valence electrons. The highest BCUT2D eigenvalue weighted by Crippen LogP contribution is 2.27. The summed E-state index contributed by atoms with van der Waals surface area (Å²) >= 11 is 1.31. The minimum Gasteiger partial charge on any atom is -0.494 e. The van der Waals surface area contributed by atoms with E-state index in [-0.39, 0.29) is 23.2 Å². The SMILES string of the molecule is COc1ccc(CSc2nnc(C[C@@H]3CCS(=O)(=O)C3)o2)cc1F. The largest absolute Gasteiger partial charge is 0.494 e. The molecule has 2 aromatic rings. The van der Waals surface area contributed by atoms with Gasteiger partial charge in [-0.05, 0) is 30.0 Å². The van der Waals surface area contributed by atoms with Gasteiger partial charge in [-0.1, -0.05) is 17.8 Å². The van der Waals surface area contributed by atoms with Gasteiger partial charge in [0.1, 0.15) is 0 Å². The number of aromatic nitrogens is 2. The summed E-state index contributed by atoms with van der Waals surface area (Å²) in [6.45, 7) is 0. The number of hydrogen-bond acceptors (Lipinski definition) is 7. The molecule has 1 aromatic carbocycles. The summed E-state index contributed by atoms with van der Waals surface area (Å²) in [4.78, 5) is 0. The topological polar surface area (TPSA) is 82.3 Å². The molecule has 2 heterocycles. The molecule has 0 aliphatic carbocycles. The maximum absolute atomic E-state index is 13.6. The van der Waals surface area contributed by atoms with E-state index in [0.717, 1.165) is 5.56 Å². The molecular weight excluding hydrogens is 355 g/mol. The van der Waals surface area contributed by atoms with Gasteiger partial charge in [-0.3, -0.25) is 0 Å². The maximum Gasteiger partial charge on any atom is 0.276 e. The Morgan fingerprint density at radius 3 is 2.92 bits per heavy atom. The second kappa shape index (κ2) is 7.10. The van der Waals surface area contributed by atoms with Gasteiger partial charge in [0.2, 0.25) is 5.89 Å². The van der Waals surface area contributed by atoms with Gasteiger partial charge in [-0.2, -0.15) is 0 Å². The Hall–Kier alpha value is -1.61. The van der Waals surface area contributed by atoms with Crippen molar-refractivity contribution < 1.29 is 22.0 Å². The van der Waals surface area contributed by atoms with Crippen molar-refractivity contribution in [1.82, 2.24) is 10.2 Å². The summed E-state index contributed by atoms with van der Waals surface area (Å²) in [7, 11) is -1.49. The van der Waals surface area contributed by atoms with Crippen LogP contribution in [0.25, 0.3) is 0 Å². The first-order chi connectivity index (χ1) is 11.4. The van der Waals surface area contributed by atoms with Gasteiger partial charge in [-0.15, -0.1) is 10.2 Å². The van der Waals surface area contributed by atoms with Crippen molar-refractivity contribution in [3.05, 3.63) is 35.5 Å². The van der Waals surface area contributed by atoms with Crippen LogP contribution < -0.4 is 4.74 Å². The third-order valence-electron chi connectivity index (χ3n) is 3.82. The van der Waals surface area contributed by atoms with Gasteiger partial charge in [0.05, 0.1) is 18.6 Å². The molecule has 1 aliphatic rings. The quantitative estimate of drug-likeness (QED) is 0.721. The van der Waals surface area contributed by atoms with Crippen molar-refractivity contribution >= 4 is 21.6 Å². The highest BCUT2D eigenvalue weighted by Gasteiger charge is 2.29. The Labute approximate surface area is 143 Å². The van der Waals surface area contributed by atoms with Crippen LogP contribution in [0.1, 0.15) is 17.9 Å². The van der Waals surface area contributed by atoms with Crippen molar-refractivity contribution in [1.29, 1.82) is 0 Å². The Kier molecular flexibility index (Phi) is 5.09. The molecule has 1 atom stereocenters. The van der Waals surface area contributed by atoms with Crippen LogP contribution in [0.3, 0.4) is 0 Å². The number of thioether (sulfide) groups is 1. The van der Waals surface area contributed by atoms with E-state index in [1.54, 1.807) is 12.1 Å². The average molecular weight is 372 g/mol. The summed E-state index contributed by atoms with van der Waals surface area (Å²) in [6, 6.07) is 4.76. The Morgan fingerprint density at radius 1 is 1.42 bits per heavy atom. The third kappa shape index (κ3) is 4.27. The zero-order valence-electron chi connectivity index (χ0n) is 13.1. The highest BCUT2D eigenvalue weighted by atomic mass is 32.2. The van der Waals surface area contributed by atoms with E-state index >= 15 is 0 Å². The predicted molar refractivity (Wildman–Crippen MR) is 87.3 cm³/mol. The summed E-state index contributed by atoms with van der Waals surface area (Å²) in [5, 5.41) is 8.29. The van der Waals surface area contributed by atoms with Crippen LogP contribution in [0, 0.1) is 11.7 Å². The van der Waals surface area contributed by atoms with Crippen LogP contribution in [-0.4, -0.2) is 37.2 Å². The summed E-state index contributed by atoms with van der Waals surface area (Å²) in [5.74, 6) is 1.18. The van der Waals surface area contributed by atoms with Crippen LogP contribution in [0.5, 0.6) is 5.75 Å². The molecule has 0 radical (unpaired) electrons. The molecule has 0 N–H and O–H groups in total. The normalized spacial score (nSPS) is 19.5. The Morgan fingerprint density at radius 2 is 2.25 bits per heavy atom. The zero-order chi connectivity index (χ0) is 17.2. The molecule has 6 nitrogen and oxygen atoms in total. The number of benzene rings is 1. The Bertz CT molecular complexity index is 823. The van der Waals surface area contributed by atoms with Crippen LogP contribution in [-0.2, 0) is 22.0 Å². The third-order valence-corrected chi connectivity index (χ3v) is 6.54. The van der Waals surface area contributed by atoms with Gasteiger partial charge in [-0.25, -0.2) is 12.8 Å². The number of rotatable bonds is 6. The van der Waals surface area contributed by atoms with Crippen LogP contribution in [0.2, 0.25) is 0 Å². The maximum atomic E-state index is 13.6. The van der Waals surface area contributed by atoms with E-state index in [9.17, 15) is 12.8 Å². The molecule has 0 saturated carbocycles. The number of halogens is 1. The van der Waals surface area contributed by atoms with Crippen LogP contribution >= 0.6 is 11.8 Å². The van der Waals surface area contributed by atoms with E-state index in [2.05, 4.69) is 10.2 Å². The first-order valence-electron chi connectivity index (χ1n) is 7.43. The lowest BCUT2D eigenvalue weighted by Crippen LogP contribution is -2.07. The number of hydrogen-bond donors (Lipinski definition) is 0. The molecule has 0 amide bonds. The molecule has 0 bridgehead atoms. The molecule has 24 heavy (non-hydrogen) atoms. The molecular formula is C15H17FN2O4S2. The second-order valence-corrected chi connectivity index (χ2v) is 8.85. The summed E-state index contributed by atoms with van der Waals surface area (Å²) in [5.41, 5.74) is 0.778. The molecule has 0 unspecified atom stereocenters. The average Bonchev–Trinajstić information content (AvgIpc) is 3.12. The summed E-state index contributed by atoms with van der Waals surface area (Å²) in [6.07, 6.45) is 1.11. The minimum absolute atomic E-state index is 0.0454. The van der Waals surface area contributed by atoms with Gasteiger partial charge in [0.15, 0.2) is 21.4 Å². The second-order valence-electron chi connectivity index (χ2n) is 5.69. The Balaban J connectivity index is 1.55. The first-order valence-corrected chi connectivity index (χ1v) is 10.2. The highest BCUT2D eigenvalue weighted by molar-refractivity contribution is 7.98. The molecule has 9 heteroatoms. The molecule has 0 spiro atoms. The lowest BCUT2D eigenvalue weighted by Gasteiger charge is -2.04. The van der Waals surface area contributed by atoms with Crippen molar-refractivity contribution in [2.24, 2.45) is 5.92 Å². The monoisotopic (exact) mass is 372 g/mol. The van der Waals surface area contributed by atoms with Gasteiger partial charge in [0, 0.05) is 12.2 Å². The van der Waals surface area contributed by atoms with Crippen molar-refractivity contribution in [2.75, 3.05) is 18.6 Å². The number of ether oxygens (including phenoxy) is 1. The molecule has 1 saturated heterocycles. The first kappa shape index (κ1) is 17.2. The van der Waals surface area contributed by atoms with Crippen molar-refractivity contribution in [3.8, 4) is 5.75 Å². The summed E-state index contributed by atoms with van der Waals surface area (Å²) < 4.78 is 47.0. The van der Waals surface area contributed by atoms with Gasteiger partial charge in [0.25, 0.3) is 5.22 Å². The zero-order valence-corrected chi connectivity index (χ0v) is 14.7. The van der Waals surface area contributed by atoms with E-state index < -0.39 is 15.7 Å². The van der Waals surface area contributed by atoms with E-state index in [1.807, 2.05) is 0 Å². The fraction of sp³-hybridized carbons (Fsp3) is 0.467. The van der Waals surface area contributed by atoms with E-state index in [0.29, 0.717) is 29.7 Å². The van der Waals surface area contributed by atoms with Gasteiger partial charge < -0.3 is 9.15 Å². The molecule has 1 aliphatic heterocycles. The lowest BCUT2D eigenvalue weighted by molar-refractivity contribution is 0.386.